The van der Waals surface area contributed by atoms with E-state index in [-0.39, 0.29) is 6.10 Å². The molecule has 2 nitrogen and oxygen atoms in total. The molecule has 0 amide bonds. The average molecular weight is 148 g/mol. The van der Waals surface area contributed by atoms with Crippen molar-refractivity contribution >= 4 is 0 Å². The molecule has 0 aromatic rings. The summed E-state index contributed by atoms with van der Waals surface area (Å²) in [6.45, 7) is 9.00. The standard InChI is InChI=1S/C5H12O.C3H8O/c1-4-5(2,3)6;1-3(2)4/h6H,4H2,1-3H3;3-4H,1-2H3. The lowest BCUT2D eigenvalue weighted by atomic mass is 10.1. The molecule has 0 aromatic carbocycles. The maximum Gasteiger partial charge on any atom is 0.0589 e. The lowest BCUT2D eigenvalue weighted by Crippen LogP contribution is -2.15. The Labute approximate surface area is 63.9 Å². The Morgan fingerprint density at radius 3 is 1.40 bits per heavy atom. The van der Waals surface area contributed by atoms with Crippen LogP contribution in [0.2, 0.25) is 0 Å². The molecular weight excluding hydrogens is 128 g/mol. The highest BCUT2D eigenvalue weighted by atomic mass is 16.3. The van der Waals surface area contributed by atoms with Crippen LogP contribution in [0.5, 0.6) is 0 Å². The molecule has 0 aliphatic rings. The third-order valence-electron chi connectivity index (χ3n) is 0.865. The summed E-state index contributed by atoms with van der Waals surface area (Å²) in [7, 11) is 0. The Morgan fingerprint density at radius 1 is 1.30 bits per heavy atom. The van der Waals surface area contributed by atoms with Crippen LogP contribution in [0.4, 0.5) is 0 Å². The van der Waals surface area contributed by atoms with Crippen molar-refractivity contribution in [3.63, 3.8) is 0 Å². The van der Waals surface area contributed by atoms with E-state index in [1.54, 1.807) is 27.7 Å². The van der Waals surface area contributed by atoms with Gasteiger partial charge >= 0.3 is 0 Å². The minimum atomic E-state index is -0.458. The second-order valence-electron chi connectivity index (χ2n) is 3.26. The zero-order chi connectivity index (χ0) is 8.78. The van der Waals surface area contributed by atoms with E-state index in [0.717, 1.165) is 6.42 Å². The fourth-order valence-electron chi connectivity index (χ4n) is 0. The maximum atomic E-state index is 8.83. The quantitative estimate of drug-likeness (QED) is 0.592. The highest BCUT2D eigenvalue weighted by Crippen LogP contribution is 2.03. The SMILES string of the molecule is CC(C)O.CCC(C)(C)O. The molecule has 0 saturated carbocycles. The molecule has 64 valence electrons. The Kier molecular flexibility index (Phi) is 7.15. The lowest BCUT2D eigenvalue weighted by molar-refractivity contribution is 0.0765. The van der Waals surface area contributed by atoms with Crippen molar-refractivity contribution in [2.45, 2.75) is 52.7 Å². The maximum absolute atomic E-state index is 8.83. The van der Waals surface area contributed by atoms with Crippen LogP contribution in [0, 0.1) is 0 Å². The first-order valence-electron chi connectivity index (χ1n) is 3.70. The molecular formula is C8H20O2. The minimum absolute atomic E-state index is 0.167. The first-order valence-corrected chi connectivity index (χ1v) is 3.70. The molecule has 10 heavy (non-hydrogen) atoms. The van der Waals surface area contributed by atoms with Gasteiger partial charge in [-0.2, -0.15) is 0 Å². The summed E-state index contributed by atoms with van der Waals surface area (Å²) in [5.41, 5.74) is -0.458. The molecule has 2 N–H and O–H groups in total. The Balaban J connectivity index is 0. The first-order chi connectivity index (χ1) is 4.29. The second-order valence-corrected chi connectivity index (χ2v) is 3.26. The van der Waals surface area contributed by atoms with Crippen LogP contribution < -0.4 is 0 Å². The highest BCUT2D eigenvalue weighted by molar-refractivity contribution is 4.59. The van der Waals surface area contributed by atoms with E-state index in [9.17, 15) is 0 Å². The number of hydrogen-bond donors (Lipinski definition) is 2. The van der Waals surface area contributed by atoms with E-state index in [4.69, 9.17) is 10.2 Å². The van der Waals surface area contributed by atoms with Crippen LogP contribution in [0.25, 0.3) is 0 Å². The van der Waals surface area contributed by atoms with Gasteiger partial charge in [-0.25, -0.2) is 0 Å². The minimum Gasteiger partial charge on any atom is -0.394 e. The van der Waals surface area contributed by atoms with E-state index >= 15 is 0 Å². The van der Waals surface area contributed by atoms with Gasteiger partial charge in [0.1, 0.15) is 0 Å². The van der Waals surface area contributed by atoms with Crippen molar-refractivity contribution in [1.82, 2.24) is 0 Å². The topological polar surface area (TPSA) is 40.5 Å². The fourth-order valence-corrected chi connectivity index (χ4v) is 0. The van der Waals surface area contributed by atoms with Crippen LogP contribution in [-0.2, 0) is 0 Å². The number of aliphatic hydroxyl groups is 2. The first kappa shape index (κ1) is 12.6. The average Bonchev–Trinajstić information content (AvgIpc) is 1.63. The molecule has 0 aliphatic heterocycles. The fraction of sp³-hybridized carbons (Fsp3) is 1.00. The predicted octanol–water partition coefficient (Wildman–Crippen LogP) is 1.55. The van der Waals surface area contributed by atoms with E-state index in [0.29, 0.717) is 0 Å². The van der Waals surface area contributed by atoms with Crippen molar-refractivity contribution in [3.8, 4) is 0 Å². The van der Waals surface area contributed by atoms with Crippen LogP contribution >= 0.6 is 0 Å². The summed E-state index contributed by atoms with van der Waals surface area (Å²) in [6.07, 6.45) is 0.660. The predicted molar refractivity (Wildman–Crippen MR) is 43.9 cm³/mol. The summed E-state index contributed by atoms with van der Waals surface area (Å²) in [5.74, 6) is 0. The Bertz CT molecular complexity index is 59.4. The van der Waals surface area contributed by atoms with Crippen LogP contribution in [0.15, 0.2) is 0 Å². The summed E-state index contributed by atoms with van der Waals surface area (Å²) in [4.78, 5) is 0. The molecule has 0 radical (unpaired) electrons. The van der Waals surface area contributed by atoms with Gasteiger partial charge in [-0.15, -0.1) is 0 Å². The summed E-state index contributed by atoms with van der Waals surface area (Å²) < 4.78 is 0. The highest BCUT2D eigenvalue weighted by Gasteiger charge is 2.05. The molecule has 0 aromatic heterocycles. The lowest BCUT2D eigenvalue weighted by Gasteiger charge is -2.11. The molecule has 0 atom stereocenters. The Hall–Kier alpha value is -0.0800. The zero-order valence-electron chi connectivity index (χ0n) is 7.68. The largest absolute Gasteiger partial charge is 0.394 e. The summed E-state index contributed by atoms with van der Waals surface area (Å²) >= 11 is 0. The van der Waals surface area contributed by atoms with Gasteiger partial charge in [0.2, 0.25) is 0 Å². The number of aliphatic hydroxyl groups excluding tert-OH is 1. The van der Waals surface area contributed by atoms with Crippen LogP contribution in [-0.4, -0.2) is 21.9 Å². The number of rotatable bonds is 1. The zero-order valence-corrected chi connectivity index (χ0v) is 7.68. The molecule has 0 spiro atoms. The van der Waals surface area contributed by atoms with Crippen LogP contribution in [0.3, 0.4) is 0 Å². The normalized spacial score (nSPS) is 10.8. The monoisotopic (exact) mass is 148 g/mol. The van der Waals surface area contributed by atoms with E-state index < -0.39 is 5.60 Å². The second kappa shape index (κ2) is 5.69. The van der Waals surface area contributed by atoms with Crippen molar-refractivity contribution in [1.29, 1.82) is 0 Å². The van der Waals surface area contributed by atoms with Gasteiger partial charge in [-0.3, -0.25) is 0 Å². The van der Waals surface area contributed by atoms with Crippen molar-refractivity contribution in [3.05, 3.63) is 0 Å². The molecule has 0 rings (SSSR count). The molecule has 0 unspecified atom stereocenters. The van der Waals surface area contributed by atoms with Gasteiger partial charge in [-0.05, 0) is 34.1 Å². The van der Waals surface area contributed by atoms with Gasteiger partial charge in [0, 0.05) is 6.10 Å². The molecule has 2 heteroatoms. The molecule has 0 fully saturated rings. The number of hydrogen-bond acceptors (Lipinski definition) is 2. The van der Waals surface area contributed by atoms with Gasteiger partial charge in [-0.1, -0.05) is 6.92 Å². The third kappa shape index (κ3) is 44.5. The van der Waals surface area contributed by atoms with E-state index in [1.165, 1.54) is 0 Å². The van der Waals surface area contributed by atoms with Crippen molar-refractivity contribution in [2.24, 2.45) is 0 Å². The molecule has 0 heterocycles. The molecule has 0 bridgehead atoms. The van der Waals surface area contributed by atoms with Crippen molar-refractivity contribution < 1.29 is 10.2 Å². The molecule has 0 aliphatic carbocycles. The van der Waals surface area contributed by atoms with Gasteiger partial charge in [0.05, 0.1) is 5.60 Å². The molecule has 0 saturated heterocycles. The van der Waals surface area contributed by atoms with Gasteiger partial charge < -0.3 is 10.2 Å². The van der Waals surface area contributed by atoms with Crippen molar-refractivity contribution in [2.75, 3.05) is 0 Å². The smallest absolute Gasteiger partial charge is 0.0589 e. The Morgan fingerprint density at radius 2 is 1.40 bits per heavy atom. The van der Waals surface area contributed by atoms with Crippen LogP contribution in [0.1, 0.15) is 41.0 Å². The summed E-state index contributed by atoms with van der Waals surface area (Å²) in [5, 5.41) is 16.9. The summed E-state index contributed by atoms with van der Waals surface area (Å²) in [6, 6.07) is 0. The third-order valence-corrected chi connectivity index (χ3v) is 0.865. The van der Waals surface area contributed by atoms with Gasteiger partial charge in [0.15, 0.2) is 0 Å². The van der Waals surface area contributed by atoms with E-state index in [2.05, 4.69) is 0 Å². The van der Waals surface area contributed by atoms with Gasteiger partial charge in [0.25, 0.3) is 0 Å². The van der Waals surface area contributed by atoms with E-state index in [1.807, 2.05) is 6.92 Å².